The first-order valence-corrected chi connectivity index (χ1v) is 11.5. The molecule has 1 aromatic carbocycles. The van der Waals surface area contributed by atoms with E-state index < -0.39 is 81.0 Å². The van der Waals surface area contributed by atoms with Crippen LogP contribution in [0.25, 0.3) is 0 Å². The van der Waals surface area contributed by atoms with Crippen LogP contribution in [0.3, 0.4) is 0 Å². The van der Waals surface area contributed by atoms with Gasteiger partial charge in [0.2, 0.25) is 0 Å². The van der Waals surface area contributed by atoms with Gasteiger partial charge in [0, 0.05) is 13.1 Å². The molecule has 0 amide bonds. The Kier molecular flexibility index (Phi) is 9.52. The monoisotopic (exact) mass is 663 g/mol. The second-order valence-corrected chi connectivity index (χ2v) is 9.78. The van der Waals surface area contributed by atoms with Crippen LogP contribution in [0.15, 0.2) is 24.3 Å². The Morgan fingerprint density at radius 1 is 0.659 bits per heavy atom. The molecule has 0 fully saturated rings. The van der Waals surface area contributed by atoms with Crippen LogP contribution in [0.1, 0.15) is 6.92 Å². The lowest BCUT2D eigenvalue weighted by Gasteiger charge is -2.43. The molecule has 0 radical (unpaired) electrons. The standard InChI is InChI=1S/C18H14F17NO4S/c1-2-36(7-8-40-10-5-3-9(37)4-6-10)41(38,39)18(34,35)16(29,30)14(25,26)12(21,22)11(19,20)13(23,24)15(27,28)17(31,32)33/h3-6,37H,2,7-8H2,1H3. The number of likely N-dealkylation sites (N-methyl/N-ethyl adjacent to an activating group) is 1. The number of benzene rings is 1. The van der Waals surface area contributed by atoms with E-state index in [1.165, 1.54) is 0 Å². The molecule has 41 heavy (non-hydrogen) atoms. The van der Waals surface area contributed by atoms with Gasteiger partial charge in [0.15, 0.2) is 0 Å². The molecule has 0 aromatic heterocycles. The Balaban J connectivity index is 3.52. The zero-order valence-corrected chi connectivity index (χ0v) is 20.2. The third-order valence-corrected chi connectivity index (χ3v) is 7.18. The van der Waals surface area contributed by atoms with Crippen molar-refractivity contribution in [2.45, 2.75) is 53.9 Å². The number of sulfonamides is 1. The summed E-state index contributed by atoms with van der Waals surface area (Å²) in [5, 5.41) is 1.46. The molecule has 0 spiro atoms. The molecule has 0 aliphatic carbocycles. The van der Waals surface area contributed by atoms with Gasteiger partial charge < -0.3 is 9.84 Å². The van der Waals surface area contributed by atoms with Crippen molar-refractivity contribution in [1.82, 2.24) is 4.31 Å². The molecule has 0 saturated heterocycles. The summed E-state index contributed by atoms with van der Waals surface area (Å²) in [5.41, 5.74) is 0. The van der Waals surface area contributed by atoms with E-state index in [1.807, 2.05) is 0 Å². The second-order valence-electron chi connectivity index (χ2n) is 7.80. The highest BCUT2D eigenvalue weighted by molar-refractivity contribution is 7.90. The van der Waals surface area contributed by atoms with Crippen molar-refractivity contribution >= 4 is 10.0 Å². The van der Waals surface area contributed by atoms with E-state index in [-0.39, 0.29) is 11.5 Å². The summed E-state index contributed by atoms with van der Waals surface area (Å²) in [4.78, 5) is 0. The van der Waals surface area contributed by atoms with Crippen molar-refractivity contribution < 1.29 is 92.9 Å². The van der Waals surface area contributed by atoms with Gasteiger partial charge in [0.05, 0.1) is 0 Å². The Morgan fingerprint density at radius 2 is 1.02 bits per heavy atom. The van der Waals surface area contributed by atoms with E-state index in [0.717, 1.165) is 24.3 Å². The number of hydrogen-bond acceptors (Lipinski definition) is 4. The fraction of sp³-hybridized carbons (Fsp3) is 0.667. The van der Waals surface area contributed by atoms with Crippen LogP contribution in [-0.4, -0.2) is 84.5 Å². The molecule has 0 heterocycles. The van der Waals surface area contributed by atoms with Gasteiger partial charge >= 0.3 is 47.0 Å². The van der Waals surface area contributed by atoms with Gasteiger partial charge in [0.1, 0.15) is 18.1 Å². The Morgan fingerprint density at radius 3 is 1.39 bits per heavy atom. The fourth-order valence-corrected chi connectivity index (χ4v) is 4.16. The molecular weight excluding hydrogens is 649 g/mol. The Labute approximate surface area is 217 Å². The molecule has 240 valence electrons. The summed E-state index contributed by atoms with van der Waals surface area (Å²) >= 11 is 0. The quantitative estimate of drug-likeness (QED) is 0.249. The van der Waals surface area contributed by atoms with Crippen LogP contribution in [0.2, 0.25) is 0 Å². The van der Waals surface area contributed by atoms with Gasteiger partial charge in [-0.3, -0.25) is 0 Å². The molecule has 0 unspecified atom stereocenters. The van der Waals surface area contributed by atoms with Gasteiger partial charge in [-0.1, -0.05) is 6.92 Å². The molecule has 0 aliphatic rings. The van der Waals surface area contributed by atoms with Crippen LogP contribution in [-0.2, 0) is 10.0 Å². The summed E-state index contributed by atoms with van der Waals surface area (Å²) in [6.45, 7) is -3.39. The van der Waals surface area contributed by atoms with Crippen LogP contribution < -0.4 is 4.74 Å². The van der Waals surface area contributed by atoms with Gasteiger partial charge in [-0.05, 0) is 24.3 Å². The highest BCUT2D eigenvalue weighted by Gasteiger charge is 2.96. The summed E-state index contributed by atoms with van der Waals surface area (Å²) < 4.78 is 256. The van der Waals surface area contributed by atoms with Crippen LogP contribution in [0.4, 0.5) is 74.6 Å². The van der Waals surface area contributed by atoms with Gasteiger partial charge in [0.25, 0.3) is 10.0 Å². The lowest BCUT2D eigenvalue weighted by Crippen LogP contribution is -2.75. The summed E-state index contributed by atoms with van der Waals surface area (Å²) in [5.74, 6) is -52.5. The SMILES string of the molecule is CCN(CCOc1ccc(O)cc1)S(=O)(=O)C(F)(F)C(F)(F)C(F)(F)C(F)(F)C(F)(F)C(F)(F)C(F)(F)C(F)(F)F. The smallest absolute Gasteiger partial charge is 0.460 e. The first kappa shape index (κ1) is 36.6. The van der Waals surface area contributed by atoms with Crippen molar-refractivity contribution in [3.8, 4) is 11.5 Å². The normalized spacial score (nSPS) is 15.4. The predicted octanol–water partition coefficient (Wildman–Crippen LogP) is 6.39. The highest BCUT2D eigenvalue weighted by Crippen LogP contribution is 2.64. The minimum Gasteiger partial charge on any atom is -0.508 e. The summed E-state index contributed by atoms with van der Waals surface area (Å²) in [6.07, 6.45) is -7.90. The topological polar surface area (TPSA) is 66.8 Å². The second kappa shape index (κ2) is 10.7. The molecule has 0 atom stereocenters. The lowest BCUT2D eigenvalue weighted by molar-refractivity contribution is -0.458. The van der Waals surface area contributed by atoms with E-state index in [4.69, 9.17) is 9.84 Å². The molecule has 23 heteroatoms. The molecule has 1 N–H and O–H groups in total. The van der Waals surface area contributed by atoms with Gasteiger partial charge in [-0.15, -0.1) is 0 Å². The van der Waals surface area contributed by atoms with Crippen molar-refractivity contribution in [2.24, 2.45) is 0 Å². The predicted molar refractivity (Wildman–Crippen MR) is 100 cm³/mol. The van der Waals surface area contributed by atoms with Crippen molar-refractivity contribution in [1.29, 1.82) is 0 Å². The molecular formula is C18H14F17NO4S. The van der Waals surface area contributed by atoms with E-state index in [0.29, 0.717) is 6.92 Å². The number of alkyl halides is 17. The molecule has 0 bridgehead atoms. The zero-order valence-electron chi connectivity index (χ0n) is 19.4. The lowest BCUT2D eigenvalue weighted by atomic mass is 9.91. The maximum absolute atomic E-state index is 14.3. The minimum absolute atomic E-state index is 0.252. The maximum atomic E-state index is 14.3. The van der Waals surface area contributed by atoms with E-state index in [1.54, 1.807) is 0 Å². The zero-order chi connectivity index (χ0) is 32.9. The highest BCUT2D eigenvalue weighted by atomic mass is 32.2. The molecule has 5 nitrogen and oxygen atoms in total. The Hall–Kier alpha value is -2.46. The number of hydrogen-bond donors (Lipinski definition) is 1. The van der Waals surface area contributed by atoms with Gasteiger partial charge in [-0.25, -0.2) is 8.42 Å². The number of halogens is 17. The fourth-order valence-electron chi connectivity index (χ4n) is 2.73. The first-order valence-electron chi connectivity index (χ1n) is 10.1. The van der Waals surface area contributed by atoms with E-state index in [9.17, 15) is 83.1 Å². The molecule has 1 rings (SSSR count). The molecule has 1 aromatic rings. The first-order chi connectivity index (χ1) is 17.9. The van der Waals surface area contributed by atoms with Crippen molar-refractivity contribution in [2.75, 3.05) is 19.7 Å². The van der Waals surface area contributed by atoms with Gasteiger partial charge in [-0.2, -0.15) is 78.9 Å². The minimum atomic E-state index is -8.89. The summed E-state index contributed by atoms with van der Waals surface area (Å²) in [6, 6.07) is 3.88. The largest absolute Gasteiger partial charge is 0.508 e. The number of phenolic OH excluding ortho intramolecular Hbond substituents is 1. The third kappa shape index (κ3) is 5.42. The number of phenols is 1. The van der Waals surface area contributed by atoms with Crippen LogP contribution >= 0.6 is 0 Å². The average Bonchev–Trinajstić information content (AvgIpc) is 2.81. The molecule has 0 aliphatic heterocycles. The molecule has 0 saturated carbocycles. The summed E-state index contributed by atoms with van der Waals surface area (Å²) in [7, 11) is -7.39. The van der Waals surface area contributed by atoms with Crippen molar-refractivity contribution in [3.05, 3.63) is 24.3 Å². The number of nitrogens with zero attached hydrogens (tertiary/aromatic N) is 1. The van der Waals surface area contributed by atoms with E-state index >= 15 is 0 Å². The maximum Gasteiger partial charge on any atom is 0.460 e. The number of aromatic hydroxyl groups is 1. The number of rotatable bonds is 13. The average molecular weight is 663 g/mol. The van der Waals surface area contributed by atoms with Crippen LogP contribution in [0, 0.1) is 0 Å². The van der Waals surface area contributed by atoms with E-state index in [2.05, 4.69) is 0 Å². The third-order valence-electron chi connectivity index (χ3n) is 5.16. The number of ether oxygens (including phenoxy) is 1. The Bertz CT molecular complexity index is 1170. The van der Waals surface area contributed by atoms with Crippen molar-refractivity contribution in [3.63, 3.8) is 0 Å². The van der Waals surface area contributed by atoms with Crippen LogP contribution in [0.5, 0.6) is 11.5 Å².